The lowest BCUT2D eigenvalue weighted by molar-refractivity contribution is 0.102. The average molecular weight is 375 g/mol. The quantitative estimate of drug-likeness (QED) is 0.585. The predicted octanol–water partition coefficient (Wildman–Crippen LogP) is 4.07. The highest BCUT2D eigenvalue weighted by molar-refractivity contribution is 6.04. The molecule has 2 aromatic heterocycles. The second kappa shape index (κ2) is 7.11. The summed E-state index contributed by atoms with van der Waals surface area (Å²) in [5.41, 5.74) is 4.05. The van der Waals surface area contributed by atoms with Gasteiger partial charge in [0.15, 0.2) is 0 Å². The number of amides is 1. The topological polar surface area (TPSA) is 64.7 Å². The molecule has 2 heterocycles. The molecule has 4 rings (SSSR count). The van der Waals surface area contributed by atoms with E-state index < -0.39 is 5.82 Å². The maximum Gasteiger partial charge on any atom is 0.255 e. The summed E-state index contributed by atoms with van der Waals surface area (Å²) in [7, 11) is 0. The number of rotatable bonds is 4. The minimum absolute atomic E-state index is 0.310. The molecule has 0 aliphatic heterocycles. The zero-order chi connectivity index (χ0) is 19.7. The molecule has 0 atom stereocenters. The SMILES string of the molecule is Cc1cc(C)n(-c2ccc(C(=O)Nc3ccc(-n4ccnc4)c(F)c3)cc2)n1. The first kappa shape index (κ1) is 17.7. The Bertz CT molecular complexity index is 1130. The van der Waals surface area contributed by atoms with Crippen LogP contribution < -0.4 is 5.32 Å². The molecule has 0 unspecified atom stereocenters. The largest absolute Gasteiger partial charge is 0.322 e. The average Bonchev–Trinajstić information content (AvgIpc) is 3.31. The zero-order valence-electron chi connectivity index (χ0n) is 15.4. The maximum atomic E-state index is 14.3. The standard InChI is InChI=1S/C21H18FN5O/c1-14-11-15(2)27(25-14)18-6-3-16(4-7-18)21(28)24-17-5-8-20(19(22)12-17)26-10-9-23-13-26/h3-13H,1-2H3,(H,24,28). The highest BCUT2D eigenvalue weighted by atomic mass is 19.1. The predicted molar refractivity (Wildman–Crippen MR) is 105 cm³/mol. The molecule has 0 aliphatic carbocycles. The summed E-state index contributed by atoms with van der Waals surface area (Å²) in [6.07, 6.45) is 4.74. The van der Waals surface area contributed by atoms with Crippen LogP contribution in [0, 0.1) is 19.7 Å². The fraction of sp³-hybridized carbons (Fsp3) is 0.0952. The van der Waals surface area contributed by atoms with Gasteiger partial charge in [0, 0.05) is 29.3 Å². The van der Waals surface area contributed by atoms with Crippen LogP contribution in [0.3, 0.4) is 0 Å². The third kappa shape index (κ3) is 3.42. The Morgan fingerprint density at radius 2 is 1.86 bits per heavy atom. The van der Waals surface area contributed by atoms with Crippen LogP contribution >= 0.6 is 0 Å². The molecular weight excluding hydrogens is 357 g/mol. The second-order valence-electron chi connectivity index (χ2n) is 6.48. The van der Waals surface area contributed by atoms with E-state index in [2.05, 4.69) is 15.4 Å². The molecule has 0 saturated carbocycles. The molecular formula is C21H18FN5O. The van der Waals surface area contributed by atoms with Crippen molar-refractivity contribution in [2.75, 3.05) is 5.32 Å². The summed E-state index contributed by atoms with van der Waals surface area (Å²) in [6.45, 7) is 3.91. The molecule has 0 spiro atoms. The molecule has 2 aromatic carbocycles. The number of aryl methyl sites for hydroxylation is 2. The number of nitrogens with zero attached hydrogens (tertiary/aromatic N) is 4. The second-order valence-corrected chi connectivity index (χ2v) is 6.48. The van der Waals surface area contributed by atoms with Gasteiger partial charge >= 0.3 is 0 Å². The molecule has 0 aliphatic rings. The number of imidazole rings is 1. The third-order valence-electron chi connectivity index (χ3n) is 4.37. The van der Waals surface area contributed by atoms with Gasteiger partial charge in [0.05, 0.1) is 23.4 Å². The van der Waals surface area contributed by atoms with E-state index in [4.69, 9.17) is 0 Å². The van der Waals surface area contributed by atoms with Gasteiger partial charge in [-0.1, -0.05) is 0 Å². The van der Waals surface area contributed by atoms with E-state index in [1.807, 2.05) is 36.7 Å². The summed E-state index contributed by atoms with van der Waals surface area (Å²) in [5.74, 6) is -0.759. The molecule has 0 radical (unpaired) electrons. The van der Waals surface area contributed by atoms with E-state index in [0.29, 0.717) is 16.9 Å². The highest BCUT2D eigenvalue weighted by Gasteiger charge is 2.11. The van der Waals surface area contributed by atoms with E-state index in [9.17, 15) is 9.18 Å². The molecule has 1 amide bonds. The van der Waals surface area contributed by atoms with E-state index >= 15 is 0 Å². The number of nitrogens with one attached hydrogen (secondary N) is 1. The van der Waals surface area contributed by atoms with Gasteiger partial charge < -0.3 is 9.88 Å². The lowest BCUT2D eigenvalue weighted by Crippen LogP contribution is -2.12. The fourth-order valence-electron chi connectivity index (χ4n) is 3.04. The van der Waals surface area contributed by atoms with Crippen molar-refractivity contribution in [3.63, 3.8) is 0 Å². The van der Waals surface area contributed by atoms with E-state index in [-0.39, 0.29) is 5.91 Å². The van der Waals surface area contributed by atoms with Crippen molar-refractivity contribution >= 4 is 11.6 Å². The first-order valence-electron chi connectivity index (χ1n) is 8.74. The summed E-state index contributed by atoms with van der Waals surface area (Å²) in [5, 5.41) is 7.15. The smallest absolute Gasteiger partial charge is 0.255 e. The van der Waals surface area contributed by atoms with Gasteiger partial charge in [-0.15, -0.1) is 0 Å². The lowest BCUT2D eigenvalue weighted by Gasteiger charge is -2.09. The molecule has 6 nitrogen and oxygen atoms in total. The van der Waals surface area contributed by atoms with Crippen LogP contribution in [0.4, 0.5) is 10.1 Å². The monoisotopic (exact) mass is 375 g/mol. The molecule has 0 fully saturated rings. The lowest BCUT2D eigenvalue weighted by atomic mass is 10.2. The van der Waals surface area contributed by atoms with Crippen molar-refractivity contribution < 1.29 is 9.18 Å². The Morgan fingerprint density at radius 3 is 2.46 bits per heavy atom. The number of hydrogen-bond acceptors (Lipinski definition) is 3. The Kier molecular flexibility index (Phi) is 4.49. The number of benzene rings is 2. The molecule has 0 bridgehead atoms. The summed E-state index contributed by atoms with van der Waals surface area (Å²) < 4.78 is 17.7. The van der Waals surface area contributed by atoms with Crippen molar-refractivity contribution in [1.29, 1.82) is 0 Å². The van der Waals surface area contributed by atoms with Crippen molar-refractivity contribution in [3.8, 4) is 11.4 Å². The third-order valence-corrected chi connectivity index (χ3v) is 4.37. The minimum Gasteiger partial charge on any atom is -0.322 e. The highest BCUT2D eigenvalue weighted by Crippen LogP contribution is 2.19. The maximum absolute atomic E-state index is 14.3. The Morgan fingerprint density at radius 1 is 1.07 bits per heavy atom. The number of hydrogen-bond donors (Lipinski definition) is 1. The first-order valence-corrected chi connectivity index (χ1v) is 8.74. The summed E-state index contributed by atoms with van der Waals surface area (Å²) in [4.78, 5) is 16.4. The fourth-order valence-corrected chi connectivity index (χ4v) is 3.04. The number of carbonyl (C=O) groups excluding carboxylic acids is 1. The van der Waals surface area contributed by atoms with E-state index in [0.717, 1.165) is 17.1 Å². The van der Waals surface area contributed by atoms with Gasteiger partial charge in [0.1, 0.15) is 5.82 Å². The van der Waals surface area contributed by atoms with Crippen molar-refractivity contribution in [3.05, 3.63) is 90.0 Å². The van der Waals surface area contributed by atoms with Gasteiger partial charge in [0.25, 0.3) is 5.91 Å². The number of anilines is 1. The van der Waals surface area contributed by atoms with Crippen LogP contribution in [0.2, 0.25) is 0 Å². The van der Waals surface area contributed by atoms with Crippen molar-refractivity contribution in [2.45, 2.75) is 13.8 Å². The molecule has 0 saturated heterocycles. The summed E-state index contributed by atoms with van der Waals surface area (Å²) in [6, 6.07) is 13.6. The van der Waals surface area contributed by atoms with E-state index in [1.165, 1.54) is 12.4 Å². The molecule has 4 aromatic rings. The van der Waals surface area contributed by atoms with Crippen LogP contribution in [0.15, 0.2) is 67.3 Å². The number of halogens is 1. The normalized spacial score (nSPS) is 10.8. The van der Waals surface area contributed by atoms with Crippen LogP contribution in [0.5, 0.6) is 0 Å². The van der Waals surface area contributed by atoms with Crippen molar-refractivity contribution in [1.82, 2.24) is 19.3 Å². The number of carbonyl (C=O) groups is 1. The van der Waals surface area contributed by atoms with E-state index in [1.54, 1.807) is 41.2 Å². The molecule has 28 heavy (non-hydrogen) atoms. The van der Waals surface area contributed by atoms with Gasteiger partial charge in [-0.05, 0) is 62.4 Å². The zero-order valence-corrected chi connectivity index (χ0v) is 15.4. The van der Waals surface area contributed by atoms with Gasteiger partial charge in [-0.25, -0.2) is 14.1 Å². The van der Waals surface area contributed by atoms with Gasteiger partial charge in [0.2, 0.25) is 0 Å². The first-order chi connectivity index (χ1) is 13.5. The summed E-state index contributed by atoms with van der Waals surface area (Å²) >= 11 is 0. The van der Waals surface area contributed by atoms with Gasteiger partial charge in [-0.2, -0.15) is 5.10 Å². The molecule has 1 N–H and O–H groups in total. The van der Waals surface area contributed by atoms with Crippen LogP contribution in [-0.4, -0.2) is 25.2 Å². The Balaban J connectivity index is 1.51. The van der Waals surface area contributed by atoms with Crippen molar-refractivity contribution in [2.24, 2.45) is 0 Å². The Hall–Kier alpha value is -3.74. The Labute approximate surface area is 161 Å². The van der Waals surface area contributed by atoms with Gasteiger partial charge in [-0.3, -0.25) is 4.79 Å². The molecule has 140 valence electrons. The molecule has 7 heteroatoms. The van der Waals surface area contributed by atoms with Crippen LogP contribution in [-0.2, 0) is 0 Å². The minimum atomic E-state index is -0.448. The van der Waals surface area contributed by atoms with Crippen LogP contribution in [0.25, 0.3) is 11.4 Å². The number of aromatic nitrogens is 4. The van der Waals surface area contributed by atoms with Crippen LogP contribution in [0.1, 0.15) is 21.7 Å².